The number of fused-ring (bicyclic) bond motifs is 2. The molecule has 0 aliphatic rings. The lowest BCUT2D eigenvalue weighted by Crippen LogP contribution is -2.08. The van der Waals surface area contributed by atoms with E-state index >= 15 is 0 Å². The highest BCUT2D eigenvalue weighted by atomic mass is 16.3. The summed E-state index contributed by atoms with van der Waals surface area (Å²) in [6, 6.07) is 26.8. The number of hydrogen-bond acceptors (Lipinski definition) is 3. The zero-order valence-corrected chi connectivity index (χ0v) is 28.9. The Morgan fingerprint density at radius 1 is 0.455 bits per heavy atom. The Balaban J connectivity index is 1.64. The number of nitrogens with zero attached hydrogens (tertiary/aromatic N) is 4. The molecule has 2 aromatic heterocycles. The minimum absolute atomic E-state index is 0.00697. The number of aromatic nitrogens is 4. The van der Waals surface area contributed by atoms with Gasteiger partial charge in [-0.3, -0.25) is 9.13 Å². The summed E-state index contributed by atoms with van der Waals surface area (Å²) in [5.41, 5.74) is -6.45. The van der Waals surface area contributed by atoms with Crippen LogP contribution in [0, 0.1) is 0 Å². The van der Waals surface area contributed by atoms with E-state index in [1.165, 1.54) is 72.8 Å². The zero-order valence-electron chi connectivity index (χ0n) is 56.9. The van der Waals surface area contributed by atoms with Gasteiger partial charge < -0.3 is 5.11 Å². The van der Waals surface area contributed by atoms with Crippen LogP contribution in [-0.4, -0.2) is 24.2 Å². The van der Waals surface area contributed by atoms with E-state index in [0.29, 0.717) is 0 Å². The molecule has 8 aromatic rings. The van der Waals surface area contributed by atoms with E-state index in [1.807, 2.05) is 0 Å². The van der Waals surface area contributed by atoms with Crippen LogP contribution < -0.4 is 0 Å². The number of rotatable bonds is 9. The van der Waals surface area contributed by atoms with E-state index in [1.54, 1.807) is 18.2 Å². The molecule has 1 N–H and O–H groups in total. The molecule has 8 rings (SSSR count). The van der Waals surface area contributed by atoms with Crippen molar-refractivity contribution in [2.75, 3.05) is 0 Å². The number of phenols is 1. The molecule has 0 unspecified atom stereocenters. The van der Waals surface area contributed by atoms with Crippen LogP contribution in [0.4, 0.5) is 0 Å². The zero-order chi connectivity index (χ0) is 62.2. The Morgan fingerprint density at radius 3 is 1.33 bits per heavy atom. The van der Waals surface area contributed by atoms with Gasteiger partial charge in [0.05, 0.1) is 39.0 Å². The van der Waals surface area contributed by atoms with Crippen molar-refractivity contribution >= 4 is 22.1 Å². The first-order chi connectivity index (χ1) is 37.8. The molecule has 55 heavy (non-hydrogen) atoms. The SMILES string of the molecule is [2H]C([2H])([2H])C([2H])(c1cccc(C([2H])(C([2H])([2H])[2H])C([2H])([2H])[2H])c1-n1c(-c2ccccc2)nc2c(-c3cccc4c3nc(-c3ccccc3O)n4-c3c(C([2H])(C([2H])([2H])[2H])C([2H])([2H])[2H])cccc3C([2H])(C([2H])([2H])[2H])C([2H])([2H])[2H])cccc21)C([2H])([2H])[2H]. The molecule has 0 saturated carbocycles. The van der Waals surface area contributed by atoms with Gasteiger partial charge in [0, 0.05) is 55.1 Å². The Labute approximate surface area is 364 Å². The molecule has 0 fully saturated rings. The molecule has 0 atom stereocenters. The predicted octanol–water partition coefficient (Wildman–Crippen LogP) is 13.6. The number of imidazole rings is 2. The molecule has 0 radical (unpaired) electrons. The third kappa shape index (κ3) is 6.12. The second kappa shape index (κ2) is 14.4. The van der Waals surface area contributed by atoms with Crippen molar-refractivity contribution in [3.8, 4) is 51.0 Å². The molecule has 0 amide bonds. The second-order valence-electron chi connectivity index (χ2n) is 12.7. The predicted molar refractivity (Wildman–Crippen MR) is 230 cm³/mol. The van der Waals surface area contributed by atoms with Crippen LogP contribution in [0.15, 0.2) is 127 Å². The van der Waals surface area contributed by atoms with E-state index in [0.717, 1.165) is 45.5 Å². The lowest BCUT2D eigenvalue weighted by atomic mass is 9.92. The highest BCUT2D eigenvalue weighted by Gasteiger charge is 2.27. The molecule has 0 aliphatic heterocycles. The molecule has 0 aliphatic carbocycles. The summed E-state index contributed by atoms with van der Waals surface area (Å²) in [4.78, 5) is 9.93. The number of phenolic OH excluding ortho intramolecular Hbond substituents is 1. The van der Waals surface area contributed by atoms with Crippen LogP contribution in [0.2, 0.25) is 0 Å². The molecular formula is C50H50N4O. The van der Waals surface area contributed by atoms with Gasteiger partial charge in [-0.05, 0) is 70.1 Å². The van der Waals surface area contributed by atoms with Crippen molar-refractivity contribution < 1.29 is 43.5 Å². The van der Waals surface area contributed by atoms with Crippen molar-refractivity contribution in [1.82, 2.24) is 19.1 Å². The third-order valence-electron chi connectivity index (χ3n) is 9.43. The quantitative estimate of drug-likeness (QED) is 0.160. The van der Waals surface area contributed by atoms with E-state index < -0.39 is 124 Å². The molecule has 5 heteroatoms. The maximum atomic E-state index is 11.6. The fourth-order valence-corrected chi connectivity index (χ4v) is 7.09. The minimum Gasteiger partial charge on any atom is -0.507 e. The van der Waals surface area contributed by atoms with Crippen LogP contribution >= 0.6 is 0 Å². The Bertz CT molecular complexity index is 3610. The van der Waals surface area contributed by atoms with E-state index in [2.05, 4.69) is 0 Å². The van der Waals surface area contributed by atoms with Crippen LogP contribution in [0.1, 0.15) is 139 Å². The summed E-state index contributed by atoms with van der Waals surface area (Å²) >= 11 is 0. The van der Waals surface area contributed by atoms with E-state index in [-0.39, 0.29) is 50.1 Å². The molecule has 276 valence electrons. The largest absolute Gasteiger partial charge is 0.507 e. The standard InChI is InChI=1S/C50H50N4O/c1-30(2)35-21-14-22-36(31(3)4)47(35)53-42-27-16-25-39(45(42)51-49(53)34-18-10-9-11-19-34)40-26-17-28-43-46(40)52-50(41-20-12-13-29-44(41)55)54(43)48-37(32(5)6)23-15-24-38(48)33(7)8/h9-33,55H,1-8H3/i1D3,2D3,3D3,4D3,5D3,6D3,7D3,8D3,30D,31D,32D,33D. The van der Waals surface area contributed by atoms with Crippen LogP contribution in [-0.2, 0) is 0 Å². The van der Waals surface area contributed by atoms with Gasteiger partial charge in [0.15, 0.2) is 0 Å². The van der Waals surface area contributed by atoms with Crippen LogP contribution in [0.5, 0.6) is 5.75 Å². The van der Waals surface area contributed by atoms with Crippen molar-refractivity contribution in [1.29, 1.82) is 0 Å². The minimum atomic E-state index is -3.82. The van der Waals surface area contributed by atoms with Crippen LogP contribution in [0.25, 0.3) is 67.3 Å². The van der Waals surface area contributed by atoms with Crippen molar-refractivity contribution in [2.45, 2.75) is 78.4 Å². The highest BCUT2D eigenvalue weighted by Crippen LogP contribution is 2.44. The maximum Gasteiger partial charge on any atom is 0.149 e. The summed E-state index contributed by atoms with van der Waals surface area (Å²) in [6.45, 7) is -30.5. The average Bonchev–Trinajstić information content (AvgIpc) is 1.74. The van der Waals surface area contributed by atoms with Gasteiger partial charge in [-0.2, -0.15) is 0 Å². The molecule has 0 spiro atoms. The first-order valence-corrected chi connectivity index (χ1v) is 16.9. The summed E-state index contributed by atoms with van der Waals surface area (Å²) in [7, 11) is 0. The fraction of sp³-hybridized carbons (Fsp3) is 0.240. The summed E-state index contributed by atoms with van der Waals surface area (Å²) in [5.74, 6) is -16.1. The van der Waals surface area contributed by atoms with Gasteiger partial charge in [-0.25, -0.2) is 9.97 Å². The third-order valence-corrected chi connectivity index (χ3v) is 9.43. The molecule has 2 heterocycles. The highest BCUT2D eigenvalue weighted by molar-refractivity contribution is 6.04. The number of hydrogen-bond donors (Lipinski definition) is 1. The smallest absolute Gasteiger partial charge is 0.149 e. The Morgan fingerprint density at radius 2 is 0.855 bits per heavy atom. The van der Waals surface area contributed by atoms with Gasteiger partial charge >= 0.3 is 0 Å². The lowest BCUT2D eigenvalue weighted by Gasteiger charge is -2.23. The molecular weight excluding hydrogens is 673 g/mol. The summed E-state index contributed by atoms with van der Waals surface area (Å²) in [6.07, 6.45) is 0. The van der Waals surface area contributed by atoms with Gasteiger partial charge in [-0.15, -0.1) is 0 Å². The van der Waals surface area contributed by atoms with Gasteiger partial charge in [0.1, 0.15) is 17.4 Å². The van der Waals surface area contributed by atoms with E-state index in [4.69, 9.17) is 42.9 Å². The van der Waals surface area contributed by atoms with Crippen molar-refractivity contribution in [3.63, 3.8) is 0 Å². The number of para-hydroxylation sites is 5. The number of benzene rings is 6. The monoisotopic (exact) mass is 751 g/mol. The van der Waals surface area contributed by atoms with Gasteiger partial charge in [0.2, 0.25) is 0 Å². The summed E-state index contributed by atoms with van der Waals surface area (Å²) < 4.78 is 246. The Hall–Kier alpha value is -5.94. The maximum absolute atomic E-state index is 11.6. The number of aromatic hydroxyl groups is 1. The fourth-order valence-electron chi connectivity index (χ4n) is 7.09. The normalized spacial score (nSPS) is 22.1. The van der Waals surface area contributed by atoms with E-state index in [9.17, 15) is 10.6 Å². The Kier molecular flexibility index (Phi) is 4.19. The average molecular weight is 751 g/mol. The second-order valence-corrected chi connectivity index (χ2v) is 12.7. The summed E-state index contributed by atoms with van der Waals surface area (Å²) in [5, 5.41) is 11.6. The van der Waals surface area contributed by atoms with Crippen molar-refractivity contribution in [2.24, 2.45) is 0 Å². The van der Waals surface area contributed by atoms with Crippen molar-refractivity contribution in [3.05, 3.63) is 150 Å². The van der Waals surface area contributed by atoms with Gasteiger partial charge in [0.25, 0.3) is 0 Å². The first kappa shape index (κ1) is 16.0. The van der Waals surface area contributed by atoms with Gasteiger partial charge in [-0.1, -0.05) is 158 Å². The molecule has 5 nitrogen and oxygen atoms in total. The lowest BCUT2D eigenvalue weighted by molar-refractivity contribution is 0.477. The van der Waals surface area contributed by atoms with Crippen LogP contribution in [0.3, 0.4) is 0 Å². The first-order valence-electron chi connectivity index (χ1n) is 30.9. The molecule has 0 saturated heterocycles. The molecule has 6 aromatic carbocycles. The molecule has 0 bridgehead atoms. The topological polar surface area (TPSA) is 55.9 Å².